The second kappa shape index (κ2) is 4.32. The summed E-state index contributed by atoms with van der Waals surface area (Å²) in [6, 6.07) is 0.651. The van der Waals surface area contributed by atoms with Crippen LogP contribution in [0.4, 0.5) is 0 Å². The fourth-order valence-corrected chi connectivity index (χ4v) is 1.98. The molecule has 0 spiro atoms. The molecule has 1 nitrogen and oxygen atoms in total. The predicted molar refractivity (Wildman–Crippen MR) is 49.7 cm³/mol. The molecule has 0 saturated heterocycles. The van der Waals surface area contributed by atoms with Crippen LogP contribution in [-0.2, 0) is 0 Å². The monoisotopic (exact) mass is 175 g/mol. The maximum absolute atomic E-state index is 6.03. The first-order chi connectivity index (χ1) is 5.24. The molecule has 0 atom stereocenters. The average molecular weight is 176 g/mol. The number of rotatable bonds is 2. The largest absolute Gasteiger partial charge is 0.217 e. The molecule has 1 aliphatic rings. The second-order valence-corrected chi connectivity index (χ2v) is 4.06. The third-order valence-corrected chi connectivity index (χ3v) is 3.20. The van der Waals surface area contributed by atoms with Gasteiger partial charge in [0.05, 0.1) is 0 Å². The summed E-state index contributed by atoms with van der Waals surface area (Å²) in [5.74, 6) is 0.924. The van der Waals surface area contributed by atoms with Gasteiger partial charge in [-0.15, -0.1) is 0 Å². The molecule has 0 aliphatic heterocycles. The van der Waals surface area contributed by atoms with Crippen molar-refractivity contribution in [2.75, 3.05) is 6.54 Å². The van der Waals surface area contributed by atoms with E-state index in [1.54, 1.807) is 0 Å². The molecule has 1 saturated carbocycles. The lowest BCUT2D eigenvalue weighted by atomic mass is 9.87. The zero-order valence-electron chi connectivity index (χ0n) is 7.52. The highest BCUT2D eigenvalue weighted by molar-refractivity contribution is 6.13. The van der Waals surface area contributed by atoms with E-state index < -0.39 is 0 Å². The first kappa shape index (κ1) is 9.34. The minimum atomic E-state index is 0.651. The van der Waals surface area contributed by atoms with E-state index >= 15 is 0 Å². The highest BCUT2D eigenvalue weighted by Crippen LogP contribution is 2.27. The topological polar surface area (TPSA) is 3.24 Å². The first-order valence-corrected chi connectivity index (χ1v) is 5.00. The smallest absolute Gasteiger partial charge is 0.0251 e. The Kier molecular flexibility index (Phi) is 3.67. The van der Waals surface area contributed by atoms with Crippen LogP contribution in [-0.4, -0.2) is 17.0 Å². The third-order valence-electron chi connectivity index (χ3n) is 2.68. The van der Waals surface area contributed by atoms with E-state index in [0.29, 0.717) is 6.04 Å². The molecule has 2 heteroatoms. The van der Waals surface area contributed by atoms with E-state index in [2.05, 4.69) is 13.8 Å². The van der Waals surface area contributed by atoms with Crippen LogP contribution in [0.25, 0.3) is 0 Å². The van der Waals surface area contributed by atoms with Crippen molar-refractivity contribution >= 4 is 11.8 Å². The Bertz CT molecular complexity index is 108. The Hall–Kier alpha value is 0.250. The number of hydrogen-bond acceptors (Lipinski definition) is 1. The zero-order valence-corrected chi connectivity index (χ0v) is 8.27. The Labute approximate surface area is 74.8 Å². The Morgan fingerprint density at radius 3 is 2.27 bits per heavy atom. The molecule has 0 unspecified atom stereocenters. The Morgan fingerprint density at radius 2 is 1.82 bits per heavy atom. The maximum atomic E-state index is 6.03. The fourth-order valence-electron chi connectivity index (χ4n) is 1.78. The van der Waals surface area contributed by atoms with Gasteiger partial charge in [0.25, 0.3) is 0 Å². The summed E-state index contributed by atoms with van der Waals surface area (Å²) in [5.41, 5.74) is 0. The molecular weight excluding hydrogens is 158 g/mol. The molecule has 0 radical (unpaired) electrons. The van der Waals surface area contributed by atoms with E-state index in [1.165, 1.54) is 25.7 Å². The SMILES string of the molecule is CCN(Cl)C1CCC(C)CC1. The summed E-state index contributed by atoms with van der Waals surface area (Å²) in [6.45, 7) is 5.42. The van der Waals surface area contributed by atoms with Gasteiger partial charge in [0.15, 0.2) is 0 Å². The average Bonchev–Trinajstić information content (AvgIpc) is 2.05. The first-order valence-electron chi connectivity index (χ1n) is 4.66. The van der Waals surface area contributed by atoms with Gasteiger partial charge in [-0.25, -0.2) is 4.42 Å². The molecule has 0 N–H and O–H groups in total. The van der Waals surface area contributed by atoms with Crippen LogP contribution in [0.5, 0.6) is 0 Å². The summed E-state index contributed by atoms with van der Waals surface area (Å²) in [6.07, 6.45) is 5.29. The summed E-state index contributed by atoms with van der Waals surface area (Å²) in [7, 11) is 0. The number of hydrogen-bond donors (Lipinski definition) is 0. The molecule has 0 aromatic carbocycles. The van der Waals surface area contributed by atoms with Crippen molar-refractivity contribution in [2.24, 2.45) is 5.92 Å². The van der Waals surface area contributed by atoms with Gasteiger partial charge in [0.2, 0.25) is 0 Å². The molecule has 0 amide bonds. The molecule has 0 bridgehead atoms. The molecule has 0 aromatic rings. The summed E-state index contributed by atoms with van der Waals surface area (Å²) in [4.78, 5) is 0. The van der Waals surface area contributed by atoms with Gasteiger partial charge < -0.3 is 0 Å². The van der Waals surface area contributed by atoms with Crippen molar-refractivity contribution in [2.45, 2.75) is 45.6 Å². The van der Waals surface area contributed by atoms with Gasteiger partial charge in [-0.3, -0.25) is 0 Å². The minimum Gasteiger partial charge on any atom is -0.217 e. The Morgan fingerprint density at radius 1 is 1.27 bits per heavy atom. The van der Waals surface area contributed by atoms with Crippen LogP contribution >= 0.6 is 11.8 Å². The van der Waals surface area contributed by atoms with E-state index in [4.69, 9.17) is 11.8 Å². The molecule has 0 aromatic heterocycles. The molecule has 1 fully saturated rings. The lowest BCUT2D eigenvalue weighted by Crippen LogP contribution is -2.30. The van der Waals surface area contributed by atoms with Crippen LogP contribution in [0.3, 0.4) is 0 Å². The molecule has 1 aliphatic carbocycles. The third kappa shape index (κ3) is 2.64. The van der Waals surface area contributed by atoms with Crippen molar-refractivity contribution in [3.05, 3.63) is 0 Å². The van der Waals surface area contributed by atoms with Crippen LogP contribution in [0.15, 0.2) is 0 Å². The molecular formula is C9H18ClN. The quantitative estimate of drug-likeness (QED) is 0.584. The summed E-state index contributed by atoms with van der Waals surface area (Å²) in [5, 5.41) is 0. The van der Waals surface area contributed by atoms with Crippen LogP contribution in [0.1, 0.15) is 39.5 Å². The van der Waals surface area contributed by atoms with Crippen LogP contribution in [0, 0.1) is 5.92 Å². The van der Waals surface area contributed by atoms with Crippen molar-refractivity contribution < 1.29 is 0 Å². The Balaban J connectivity index is 2.27. The van der Waals surface area contributed by atoms with Crippen LogP contribution in [0.2, 0.25) is 0 Å². The highest BCUT2D eigenvalue weighted by atomic mass is 35.5. The van der Waals surface area contributed by atoms with Gasteiger partial charge in [-0.2, -0.15) is 0 Å². The second-order valence-electron chi connectivity index (χ2n) is 3.63. The zero-order chi connectivity index (χ0) is 8.27. The van der Waals surface area contributed by atoms with Gasteiger partial charge in [-0.05, 0) is 43.4 Å². The summed E-state index contributed by atoms with van der Waals surface area (Å²) < 4.78 is 1.96. The molecule has 11 heavy (non-hydrogen) atoms. The van der Waals surface area contributed by atoms with E-state index in [-0.39, 0.29) is 0 Å². The minimum absolute atomic E-state index is 0.651. The fraction of sp³-hybridized carbons (Fsp3) is 1.00. The number of halogens is 1. The lowest BCUT2D eigenvalue weighted by Gasteiger charge is -2.30. The predicted octanol–water partition coefficient (Wildman–Crippen LogP) is 3.04. The normalized spacial score (nSPS) is 32.7. The lowest BCUT2D eigenvalue weighted by molar-refractivity contribution is 0.234. The van der Waals surface area contributed by atoms with Crippen molar-refractivity contribution in [3.63, 3.8) is 0 Å². The molecule has 1 rings (SSSR count). The number of nitrogens with zero attached hydrogens (tertiary/aromatic N) is 1. The van der Waals surface area contributed by atoms with Crippen molar-refractivity contribution in [3.8, 4) is 0 Å². The molecule has 66 valence electrons. The van der Waals surface area contributed by atoms with E-state index in [0.717, 1.165) is 12.5 Å². The van der Waals surface area contributed by atoms with E-state index in [1.807, 2.05) is 4.42 Å². The standard InChI is InChI=1S/C9H18ClN/c1-3-11(10)9-6-4-8(2)5-7-9/h8-9H,3-7H2,1-2H3. The van der Waals surface area contributed by atoms with Gasteiger partial charge >= 0.3 is 0 Å². The van der Waals surface area contributed by atoms with E-state index in [9.17, 15) is 0 Å². The van der Waals surface area contributed by atoms with Gasteiger partial charge in [0.1, 0.15) is 0 Å². The highest BCUT2D eigenvalue weighted by Gasteiger charge is 2.21. The van der Waals surface area contributed by atoms with Gasteiger partial charge in [0, 0.05) is 12.6 Å². The van der Waals surface area contributed by atoms with Crippen molar-refractivity contribution in [1.29, 1.82) is 0 Å². The summed E-state index contributed by atoms with van der Waals surface area (Å²) >= 11 is 6.03. The van der Waals surface area contributed by atoms with Crippen molar-refractivity contribution in [1.82, 2.24) is 4.42 Å². The van der Waals surface area contributed by atoms with Crippen LogP contribution < -0.4 is 0 Å². The maximum Gasteiger partial charge on any atom is 0.0251 e. The van der Waals surface area contributed by atoms with Gasteiger partial charge in [-0.1, -0.05) is 13.8 Å². The molecule has 0 heterocycles.